The van der Waals surface area contributed by atoms with E-state index in [1.54, 1.807) is 54.3 Å². The summed E-state index contributed by atoms with van der Waals surface area (Å²) >= 11 is 6.41. The third kappa shape index (κ3) is 3.04. The Bertz CT molecular complexity index is 1550. The number of para-hydroxylation sites is 1. The largest absolute Gasteiger partial charge is 0.440 e. The molecule has 5 rings (SSSR count). The molecule has 0 radical (unpaired) electrons. The van der Waals surface area contributed by atoms with E-state index in [-0.39, 0.29) is 35.9 Å². The second-order valence-corrected chi connectivity index (χ2v) is 8.84. The molecule has 1 aromatic heterocycles. The lowest BCUT2D eigenvalue weighted by Gasteiger charge is -2.34. The maximum absolute atomic E-state index is 14.5. The van der Waals surface area contributed by atoms with Gasteiger partial charge in [-0.3, -0.25) is 9.59 Å². The van der Waals surface area contributed by atoms with Crippen LogP contribution in [0.15, 0.2) is 83.5 Å². The van der Waals surface area contributed by atoms with Crippen molar-refractivity contribution in [2.45, 2.75) is 25.4 Å². The lowest BCUT2D eigenvalue weighted by atomic mass is 9.69. The predicted molar refractivity (Wildman–Crippen MR) is 133 cm³/mol. The number of carbonyl (C=O) groups excluding carboxylic acids is 1. The molecule has 1 unspecified atom stereocenters. The molecule has 0 fully saturated rings. The fourth-order valence-electron chi connectivity index (χ4n) is 5.03. The first-order chi connectivity index (χ1) is 16.9. The van der Waals surface area contributed by atoms with Crippen molar-refractivity contribution in [2.24, 2.45) is 5.73 Å². The van der Waals surface area contributed by atoms with Crippen molar-refractivity contribution in [3.63, 3.8) is 0 Å². The number of nitrogens with zero attached hydrogens (tertiary/aromatic N) is 3. The number of benzene rings is 2. The van der Waals surface area contributed by atoms with Gasteiger partial charge in [-0.25, -0.2) is 0 Å². The number of nitrogens with two attached hydrogens (primary N) is 1. The molecular weight excluding hydrogens is 464 g/mol. The number of aromatic nitrogens is 1. The van der Waals surface area contributed by atoms with Gasteiger partial charge >= 0.3 is 0 Å². The molecule has 8 heteroatoms. The fourth-order valence-corrected chi connectivity index (χ4v) is 5.23. The van der Waals surface area contributed by atoms with Crippen molar-refractivity contribution >= 4 is 23.2 Å². The lowest BCUT2D eigenvalue weighted by molar-refractivity contribution is -0.121. The summed E-state index contributed by atoms with van der Waals surface area (Å²) in [6.07, 6.45) is 1.60. The van der Waals surface area contributed by atoms with E-state index in [1.165, 1.54) is 4.57 Å². The average molecular weight is 485 g/mol. The Morgan fingerprint density at radius 2 is 1.91 bits per heavy atom. The van der Waals surface area contributed by atoms with E-state index in [0.29, 0.717) is 22.0 Å². The Kier molecular flexibility index (Phi) is 5.27. The van der Waals surface area contributed by atoms with E-state index in [2.05, 4.69) is 12.6 Å². The smallest absolute Gasteiger partial charge is 0.259 e. The minimum atomic E-state index is -1.75. The van der Waals surface area contributed by atoms with Crippen LogP contribution in [-0.2, 0) is 23.3 Å². The van der Waals surface area contributed by atoms with Crippen LogP contribution in [0.3, 0.4) is 0 Å². The first kappa shape index (κ1) is 22.5. The molecule has 3 aromatic rings. The molecule has 0 saturated heterocycles. The molecule has 2 aliphatic rings. The summed E-state index contributed by atoms with van der Waals surface area (Å²) < 4.78 is 7.26. The normalized spacial score (nSPS) is 18.2. The third-order valence-electron chi connectivity index (χ3n) is 6.56. The van der Waals surface area contributed by atoms with Crippen molar-refractivity contribution in [3.8, 4) is 11.8 Å². The molecule has 1 amide bonds. The summed E-state index contributed by atoms with van der Waals surface area (Å²) in [5, 5.41) is 10.7. The number of aryl methyl sites for hydroxylation is 1. The van der Waals surface area contributed by atoms with Crippen LogP contribution < -0.4 is 20.9 Å². The molecule has 0 aliphatic carbocycles. The second kappa shape index (κ2) is 8.19. The lowest BCUT2D eigenvalue weighted by Crippen LogP contribution is -2.49. The van der Waals surface area contributed by atoms with Gasteiger partial charge in [0.2, 0.25) is 11.8 Å². The summed E-state index contributed by atoms with van der Waals surface area (Å²) in [5.41, 5.74) is 6.38. The highest BCUT2D eigenvalue weighted by atomic mass is 35.5. The quantitative estimate of drug-likeness (QED) is 0.566. The summed E-state index contributed by atoms with van der Waals surface area (Å²) in [6.45, 7) is 5.88. The van der Waals surface area contributed by atoms with Gasteiger partial charge < -0.3 is 19.9 Å². The molecule has 2 aromatic carbocycles. The number of amides is 1. The van der Waals surface area contributed by atoms with E-state index in [0.717, 1.165) is 5.56 Å². The number of ether oxygens (including phenoxy) is 1. The standard InChI is InChI=1S/C27H21ClN4O3/c1-3-12-31-16(2)13-22-23(25(31)33)27(19(14-29)24(30)35-22)18-9-5-7-11-21(18)32(26(27)34)15-17-8-4-6-10-20(17)28/h3-11,13H,1,12,15,30H2,2H3. The van der Waals surface area contributed by atoms with Crippen LogP contribution in [-0.4, -0.2) is 10.5 Å². The van der Waals surface area contributed by atoms with E-state index in [4.69, 9.17) is 22.1 Å². The Morgan fingerprint density at radius 3 is 2.63 bits per heavy atom. The number of fused-ring (bicyclic) bond motifs is 4. The van der Waals surface area contributed by atoms with Crippen molar-refractivity contribution in [1.82, 2.24) is 4.57 Å². The summed E-state index contributed by atoms with van der Waals surface area (Å²) in [7, 11) is 0. The van der Waals surface area contributed by atoms with Crippen molar-refractivity contribution in [1.29, 1.82) is 5.26 Å². The number of nitriles is 1. The van der Waals surface area contributed by atoms with Crippen molar-refractivity contribution < 1.29 is 9.53 Å². The van der Waals surface area contributed by atoms with Crippen LogP contribution in [0, 0.1) is 18.3 Å². The zero-order valence-electron chi connectivity index (χ0n) is 18.9. The zero-order chi connectivity index (χ0) is 24.9. The molecular formula is C27H21ClN4O3. The van der Waals surface area contributed by atoms with E-state index in [1.807, 2.05) is 18.2 Å². The van der Waals surface area contributed by atoms with Gasteiger partial charge in [0.1, 0.15) is 17.4 Å². The van der Waals surface area contributed by atoms with E-state index >= 15 is 0 Å². The molecule has 7 nitrogen and oxygen atoms in total. The molecule has 1 spiro atoms. The highest BCUT2D eigenvalue weighted by Gasteiger charge is 2.60. The maximum atomic E-state index is 14.5. The van der Waals surface area contributed by atoms with Crippen LogP contribution >= 0.6 is 11.6 Å². The monoisotopic (exact) mass is 484 g/mol. The molecule has 174 valence electrons. The average Bonchev–Trinajstić information content (AvgIpc) is 3.07. The molecule has 2 aliphatic heterocycles. The predicted octanol–water partition coefficient (Wildman–Crippen LogP) is 3.92. The molecule has 0 bridgehead atoms. The third-order valence-corrected chi connectivity index (χ3v) is 6.93. The van der Waals surface area contributed by atoms with Crippen LogP contribution in [0.5, 0.6) is 5.75 Å². The number of hydrogen-bond acceptors (Lipinski definition) is 5. The number of anilines is 1. The van der Waals surface area contributed by atoms with E-state index < -0.39 is 16.9 Å². The maximum Gasteiger partial charge on any atom is 0.259 e. The van der Waals surface area contributed by atoms with Crippen molar-refractivity contribution in [3.05, 3.63) is 116 Å². The molecule has 35 heavy (non-hydrogen) atoms. The van der Waals surface area contributed by atoms with Gasteiger partial charge in [0.25, 0.3) is 5.56 Å². The first-order valence-corrected chi connectivity index (χ1v) is 11.3. The highest BCUT2D eigenvalue weighted by molar-refractivity contribution is 6.31. The number of allylic oxidation sites excluding steroid dienone is 1. The Labute approximate surface area is 206 Å². The van der Waals surface area contributed by atoms with Gasteiger partial charge in [0.05, 0.1) is 12.1 Å². The summed E-state index contributed by atoms with van der Waals surface area (Å²) in [5.74, 6) is -0.510. The molecule has 2 N–H and O–H groups in total. The number of hydrogen-bond donors (Lipinski definition) is 1. The van der Waals surface area contributed by atoms with Crippen LogP contribution in [0.4, 0.5) is 5.69 Å². The molecule has 1 atom stereocenters. The first-order valence-electron chi connectivity index (χ1n) is 10.9. The van der Waals surface area contributed by atoms with Gasteiger partial charge in [0.15, 0.2) is 5.41 Å². The summed E-state index contributed by atoms with van der Waals surface area (Å²) in [6, 6.07) is 18.1. The Balaban J connectivity index is 1.86. The summed E-state index contributed by atoms with van der Waals surface area (Å²) in [4.78, 5) is 29.9. The highest BCUT2D eigenvalue weighted by Crippen LogP contribution is 2.54. The van der Waals surface area contributed by atoms with Gasteiger partial charge in [-0.15, -0.1) is 6.58 Å². The zero-order valence-corrected chi connectivity index (χ0v) is 19.7. The number of pyridine rings is 1. The Hall–Kier alpha value is -4.28. The van der Waals surface area contributed by atoms with Gasteiger partial charge in [0, 0.05) is 34.6 Å². The van der Waals surface area contributed by atoms with Crippen LogP contribution in [0.2, 0.25) is 5.02 Å². The molecule has 0 saturated carbocycles. The number of rotatable bonds is 4. The van der Waals surface area contributed by atoms with Crippen LogP contribution in [0.25, 0.3) is 0 Å². The van der Waals surface area contributed by atoms with Gasteiger partial charge in [-0.05, 0) is 24.6 Å². The SMILES string of the molecule is C=CCn1c(C)cc2c(c1=O)C1(C(=O)N(Cc3ccccc3Cl)c3ccccc31)C(C#N)=C(N)O2. The fraction of sp³-hybridized carbons (Fsp3) is 0.148. The van der Waals surface area contributed by atoms with Crippen molar-refractivity contribution in [2.75, 3.05) is 4.90 Å². The minimum Gasteiger partial charge on any atom is -0.440 e. The van der Waals surface area contributed by atoms with Gasteiger partial charge in [-0.2, -0.15) is 5.26 Å². The molecule has 3 heterocycles. The van der Waals surface area contributed by atoms with E-state index in [9.17, 15) is 14.9 Å². The minimum absolute atomic E-state index is 0.0646. The topological polar surface area (TPSA) is 101 Å². The van der Waals surface area contributed by atoms with Crippen LogP contribution in [0.1, 0.15) is 22.4 Å². The van der Waals surface area contributed by atoms with Gasteiger partial charge in [-0.1, -0.05) is 54.1 Å². The second-order valence-electron chi connectivity index (χ2n) is 8.43. The number of carbonyl (C=O) groups is 1. The number of halogens is 1. The Morgan fingerprint density at radius 1 is 1.20 bits per heavy atom.